The molecule has 3 aromatic rings. The molecule has 1 unspecified atom stereocenters. The molecule has 0 saturated heterocycles. The van der Waals surface area contributed by atoms with Gasteiger partial charge in [-0.25, -0.2) is 4.98 Å². The normalized spacial score (nSPS) is 12.8. The molecule has 0 fully saturated rings. The van der Waals surface area contributed by atoms with Crippen molar-refractivity contribution in [1.82, 2.24) is 19.5 Å². The van der Waals surface area contributed by atoms with Crippen molar-refractivity contribution in [3.8, 4) is 11.6 Å². The Hall–Kier alpha value is -2.16. The number of para-hydroxylation sites is 1. The van der Waals surface area contributed by atoms with Crippen LogP contribution in [0.1, 0.15) is 42.6 Å². The number of aryl methyl sites for hydroxylation is 1. The van der Waals surface area contributed by atoms with Crippen molar-refractivity contribution in [2.75, 3.05) is 26.8 Å². The Labute approximate surface area is 162 Å². The molecule has 1 atom stereocenters. The standard InChI is InChI=1S/C19H26N4O3S/c1-4-12-26-14-9-7-6-8-13(14)16(22(3)10-11-24)17-18(25)23-19(27-17)20-15(5-2)21-23/h6-9,16,24-25H,4-5,10-12H2,1-3H3. The molecule has 0 aliphatic rings. The minimum absolute atomic E-state index is 0.0203. The second kappa shape index (κ2) is 8.69. The van der Waals surface area contributed by atoms with Crippen LogP contribution in [0.25, 0.3) is 4.96 Å². The number of benzene rings is 1. The van der Waals surface area contributed by atoms with Gasteiger partial charge >= 0.3 is 0 Å². The Morgan fingerprint density at radius 1 is 1.30 bits per heavy atom. The number of aliphatic hydroxyl groups is 1. The van der Waals surface area contributed by atoms with Crippen LogP contribution in [-0.2, 0) is 6.42 Å². The third kappa shape index (κ3) is 3.92. The Balaban J connectivity index is 2.10. The molecule has 0 spiro atoms. The molecule has 3 rings (SSSR count). The number of rotatable bonds is 9. The van der Waals surface area contributed by atoms with Gasteiger partial charge in [-0.2, -0.15) is 4.52 Å². The molecule has 2 N–H and O–H groups in total. The first-order chi connectivity index (χ1) is 13.1. The summed E-state index contributed by atoms with van der Waals surface area (Å²) in [5.74, 6) is 1.57. The number of fused-ring (bicyclic) bond motifs is 1. The van der Waals surface area contributed by atoms with Crippen molar-refractivity contribution < 1.29 is 14.9 Å². The number of likely N-dealkylation sites (N-methyl/N-ethyl adjacent to an activating group) is 1. The monoisotopic (exact) mass is 390 g/mol. The van der Waals surface area contributed by atoms with Gasteiger partial charge in [0.05, 0.1) is 24.1 Å². The molecule has 0 saturated carbocycles. The highest BCUT2D eigenvalue weighted by atomic mass is 32.1. The van der Waals surface area contributed by atoms with Crippen LogP contribution < -0.4 is 4.74 Å². The second-order valence-electron chi connectivity index (χ2n) is 6.36. The van der Waals surface area contributed by atoms with E-state index in [1.807, 2.05) is 43.1 Å². The van der Waals surface area contributed by atoms with Gasteiger partial charge in [-0.3, -0.25) is 4.90 Å². The molecule has 27 heavy (non-hydrogen) atoms. The molecule has 0 aliphatic heterocycles. The summed E-state index contributed by atoms with van der Waals surface area (Å²) in [4.78, 5) is 7.87. The van der Waals surface area contributed by atoms with Crippen LogP contribution >= 0.6 is 11.3 Å². The Morgan fingerprint density at radius 3 is 2.74 bits per heavy atom. The van der Waals surface area contributed by atoms with Gasteiger partial charge in [0.25, 0.3) is 0 Å². The molecular weight excluding hydrogens is 364 g/mol. The van der Waals surface area contributed by atoms with E-state index in [0.717, 1.165) is 22.6 Å². The van der Waals surface area contributed by atoms with E-state index in [1.165, 1.54) is 15.9 Å². The number of thiazole rings is 1. The van der Waals surface area contributed by atoms with E-state index >= 15 is 0 Å². The maximum atomic E-state index is 10.9. The van der Waals surface area contributed by atoms with Gasteiger partial charge in [0, 0.05) is 18.5 Å². The fraction of sp³-hybridized carbons (Fsp3) is 0.474. The van der Waals surface area contributed by atoms with Gasteiger partial charge in [0.1, 0.15) is 5.75 Å². The van der Waals surface area contributed by atoms with Crippen molar-refractivity contribution in [2.24, 2.45) is 0 Å². The maximum absolute atomic E-state index is 10.9. The zero-order valence-electron chi connectivity index (χ0n) is 15.9. The lowest BCUT2D eigenvalue weighted by Gasteiger charge is -2.28. The van der Waals surface area contributed by atoms with Crippen LogP contribution in [0.2, 0.25) is 0 Å². The first kappa shape index (κ1) is 19.6. The molecule has 0 bridgehead atoms. The van der Waals surface area contributed by atoms with Crippen LogP contribution in [-0.4, -0.2) is 56.5 Å². The number of hydrogen-bond donors (Lipinski definition) is 2. The molecule has 146 valence electrons. The minimum atomic E-state index is -0.274. The Kier molecular flexibility index (Phi) is 6.30. The summed E-state index contributed by atoms with van der Waals surface area (Å²) in [6, 6.07) is 7.55. The van der Waals surface area contributed by atoms with Gasteiger partial charge in [-0.15, -0.1) is 5.10 Å². The van der Waals surface area contributed by atoms with Crippen molar-refractivity contribution in [3.63, 3.8) is 0 Å². The molecule has 2 heterocycles. The number of aromatic nitrogens is 3. The lowest BCUT2D eigenvalue weighted by atomic mass is 10.0. The van der Waals surface area contributed by atoms with Crippen molar-refractivity contribution >= 4 is 16.3 Å². The summed E-state index contributed by atoms with van der Waals surface area (Å²) in [6.07, 6.45) is 1.62. The molecule has 0 amide bonds. The van der Waals surface area contributed by atoms with E-state index < -0.39 is 0 Å². The minimum Gasteiger partial charge on any atom is -0.493 e. The second-order valence-corrected chi connectivity index (χ2v) is 7.37. The number of aliphatic hydroxyl groups excluding tert-OH is 1. The molecule has 0 aliphatic carbocycles. The maximum Gasteiger partial charge on any atom is 0.230 e. The average Bonchev–Trinajstić information content (AvgIpc) is 3.21. The first-order valence-corrected chi connectivity index (χ1v) is 10.0. The van der Waals surface area contributed by atoms with Gasteiger partial charge in [0.2, 0.25) is 10.8 Å². The molecule has 2 aromatic heterocycles. The predicted molar refractivity (Wildman–Crippen MR) is 106 cm³/mol. The smallest absolute Gasteiger partial charge is 0.230 e. The SMILES string of the molecule is CCCOc1ccccc1C(c1sc2nc(CC)nn2c1O)N(C)CCO. The molecule has 8 heteroatoms. The molecule has 7 nitrogen and oxygen atoms in total. The Bertz CT molecular complexity index is 892. The highest BCUT2D eigenvalue weighted by molar-refractivity contribution is 7.17. The topological polar surface area (TPSA) is 83.1 Å². The van der Waals surface area contributed by atoms with Gasteiger partial charge < -0.3 is 14.9 Å². The van der Waals surface area contributed by atoms with E-state index in [9.17, 15) is 10.2 Å². The summed E-state index contributed by atoms with van der Waals surface area (Å²) in [5, 5.41) is 24.7. The number of aromatic hydroxyl groups is 1. The fourth-order valence-corrected chi connectivity index (χ4v) is 4.19. The van der Waals surface area contributed by atoms with Crippen LogP contribution in [0.4, 0.5) is 0 Å². The van der Waals surface area contributed by atoms with E-state index in [1.54, 1.807) is 0 Å². The lowest BCUT2D eigenvalue weighted by Crippen LogP contribution is -2.28. The van der Waals surface area contributed by atoms with E-state index in [2.05, 4.69) is 17.0 Å². The van der Waals surface area contributed by atoms with Crippen molar-refractivity contribution in [1.29, 1.82) is 0 Å². The Morgan fingerprint density at radius 2 is 2.07 bits per heavy atom. The zero-order valence-corrected chi connectivity index (χ0v) is 16.7. The van der Waals surface area contributed by atoms with Gasteiger partial charge in [-0.05, 0) is 19.5 Å². The third-order valence-corrected chi connectivity index (χ3v) is 5.45. The van der Waals surface area contributed by atoms with Crippen molar-refractivity contribution in [2.45, 2.75) is 32.7 Å². The number of ether oxygens (including phenoxy) is 1. The average molecular weight is 391 g/mol. The quantitative estimate of drug-likeness (QED) is 0.585. The summed E-state index contributed by atoms with van der Waals surface area (Å²) >= 11 is 1.41. The third-order valence-electron chi connectivity index (χ3n) is 4.38. The molecule has 0 radical (unpaired) electrons. The number of hydrogen-bond acceptors (Lipinski definition) is 7. The van der Waals surface area contributed by atoms with Crippen LogP contribution in [0.5, 0.6) is 11.6 Å². The summed E-state index contributed by atoms with van der Waals surface area (Å²) < 4.78 is 7.44. The fourth-order valence-electron chi connectivity index (χ4n) is 3.03. The van der Waals surface area contributed by atoms with Gasteiger partial charge in [-0.1, -0.05) is 43.4 Å². The van der Waals surface area contributed by atoms with E-state index in [-0.39, 0.29) is 18.5 Å². The summed E-state index contributed by atoms with van der Waals surface area (Å²) in [5.41, 5.74) is 0.942. The molecule has 1 aromatic carbocycles. The van der Waals surface area contributed by atoms with Gasteiger partial charge in [0.15, 0.2) is 5.82 Å². The lowest BCUT2D eigenvalue weighted by molar-refractivity contribution is 0.193. The predicted octanol–water partition coefficient (Wildman–Crippen LogP) is 2.86. The number of nitrogens with zero attached hydrogens (tertiary/aromatic N) is 4. The first-order valence-electron chi connectivity index (χ1n) is 9.20. The van der Waals surface area contributed by atoms with E-state index in [0.29, 0.717) is 30.4 Å². The summed E-state index contributed by atoms with van der Waals surface area (Å²) in [7, 11) is 1.92. The van der Waals surface area contributed by atoms with Crippen LogP contribution in [0.3, 0.4) is 0 Å². The summed E-state index contributed by atoms with van der Waals surface area (Å²) in [6.45, 7) is 5.15. The zero-order chi connectivity index (χ0) is 19.4. The van der Waals surface area contributed by atoms with Crippen molar-refractivity contribution in [3.05, 3.63) is 40.5 Å². The van der Waals surface area contributed by atoms with Crippen LogP contribution in [0.15, 0.2) is 24.3 Å². The van der Waals surface area contributed by atoms with Crippen LogP contribution in [0, 0.1) is 0 Å². The highest BCUT2D eigenvalue weighted by Gasteiger charge is 2.29. The highest BCUT2D eigenvalue weighted by Crippen LogP contribution is 2.42. The van der Waals surface area contributed by atoms with E-state index in [4.69, 9.17) is 4.74 Å². The molecular formula is C19H26N4O3S. The largest absolute Gasteiger partial charge is 0.493 e.